The van der Waals surface area contributed by atoms with Crippen LogP contribution in [0.1, 0.15) is 55.5 Å². The van der Waals surface area contributed by atoms with Crippen LogP contribution in [0.2, 0.25) is 0 Å². The van der Waals surface area contributed by atoms with Crippen molar-refractivity contribution >= 4 is 6.29 Å². The molecule has 0 amide bonds. The molecule has 0 saturated heterocycles. The Morgan fingerprint density at radius 1 is 1.37 bits per heavy atom. The second kappa shape index (κ2) is 4.22. The molecular weight excluding hydrogens is 236 g/mol. The van der Waals surface area contributed by atoms with E-state index < -0.39 is 0 Å². The van der Waals surface area contributed by atoms with Crippen LogP contribution < -0.4 is 4.74 Å². The van der Waals surface area contributed by atoms with Crippen molar-refractivity contribution in [2.24, 2.45) is 5.92 Å². The average Bonchev–Trinajstić information content (AvgIpc) is 2.37. The third-order valence-electron chi connectivity index (χ3n) is 4.59. The molecule has 1 aromatic carbocycles. The zero-order chi connectivity index (χ0) is 13.6. The van der Waals surface area contributed by atoms with Crippen molar-refractivity contribution in [1.82, 2.24) is 0 Å². The first kappa shape index (κ1) is 12.5. The molecule has 0 radical (unpaired) electrons. The summed E-state index contributed by atoms with van der Waals surface area (Å²) in [6.45, 7) is 6.53. The van der Waals surface area contributed by atoms with E-state index in [4.69, 9.17) is 4.74 Å². The Labute approximate surface area is 114 Å². The van der Waals surface area contributed by atoms with Crippen molar-refractivity contribution in [2.75, 3.05) is 0 Å². The molecule has 1 aliphatic carbocycles. The average molecular weight is 256 g/mol. The Morgan fingerprint density at radius 2 is 2.16 bits per heavy atom. The molecule has 1 aromatic rings. The normalized spacial score (nSPS) is 27.6. The summed E-state index contributed by atoms with van der Waals surface area (Å²) in [7, 11) is 0. The highest BCUT2D eigenvalue weighted by Crippen LogP contribution is 2.51. The fourth-order valence-electron chi connectivity index (χ4n) is 3.54. The van der Waals surface area contributed by atoms with Gasteiger partial charge in [-0.3, -0.25) is 4.79 Å². The van der Waals surface area contributed by atoms with Gasteiger partial charge in [0, 0.05) is 11.5 Å². The van der Waals surface area contributed by atoms with Crippen LogP contribution in [0, 0.1) is 5.92 Å². The predicted octanol–water partition coefficient (Wildman–Crippen LogP) is 4.11. The van der Waals surface area contributed by atoms with E-state index in [0.717, 1.165) is 24.9 Å². The van der Waals surface area contributed by atoms with Crippen molar-refractivity contribution in [3.63, 3.8) is 0 Å². The maximum atomic E-state index is 10.9. The lowest BCUT2D eigenvalue weighted by atomic mass is 9.67. The van der Waals surface area contributed by atoms with Crippen LogP contribution in [0.15, 0.2) is 29.8 Å². The number of carbonyl (C=O) groups is 1. The lowest BCUT2D eigenvalue weighted by Crippen LogP contribution is -2.45. The number of fused-ring (bicyclic) bond motifs is 3. The highest BCUT2D eigenvalue weighted by Gasteiger charge is 2.44. The smallest absolute Gasteiger partial charge is 0.150 e. The number of allylic oxidation sites excluding steroid dienone is 2. The Morgan fingerprint density at radius 3 is 2.89 bits per heavy atom. The standard InChI is InChI=1S/C17H20O2/c1-11-4-7-15-14(8-11)13-6-5-12(10-18)9-16(13)19-17(15,2)3/h4-6,9-10,14-15H,7-8H2,1-3H3. The van der Waals surface area contributed by atoms with Crippen molar-refractivity contribution in [2.45, 2.75) is 45.1 Å². The lowest BCUT2D eigenvalue weighted by molar-refractivity contribution is 0.00849. The second-order valence-electron chi connectivity index (χ2n) is 6.32. The fourth-order valence-corrected chi connectivity index (χ4v) is 3.54. The monoisotopic (exact) mass is 256 g/mol. The molecule has 19 heavy (non-hydrogen) atoms. The topological polar surface area (TPSA) is 26.3 Å². The van der Waals surface area contributed by atoms with Gasteiger partial charge < -0.3 is 4.74 Å². The molecule has 100 valence electrons. The molecular formula is C17H20O2. The van der Waals surface area contributed by atoms with E-state index >= 15 is 0 Å². The van der Waals surface area contributed by atoms with Crippen LogP contribution in [0.5, 0.6) is 5.75 Å². The summed E-state index contributed by atoms with van der Waals surface area (Å²) >= 11 is 0. The molecule has 0 fully saturated rings. The number of carbonyl (C=O) groups excluding carboxylic acids is 1. The number of hydrogen-bond donors (Lipinski definition) is 0. The molecule has 2 nitrogen and oxygen atoms in total. The fraction of sp³-hybridized carbons (Fsp3) is 0.471. The summed E-state index contributed by atoms with van der Waals surface area (Å²) in [5.74, 6) is 1.93. The zero-order valence-corrected chi connectivity index (χ0v) is 11.8. The number of ether oxygens (including phenoxy) is 1. The van der Waals surface area contributed by atoms with Crippen LogP contribution in [0.4, 0.5) is 0 Å². The van der Waals surface area contributed by atoms with Crippen LogP contribution in [0.3, 0.4) is 0 Å². The summed E-state index contributed by atoms with van der Waals surface area (Å²) in [5.41, 5.74) is 3.25. The predicted molar refractivity (Wildman–Crippen MR) is 75.8 cm³/mol. The van der Waals surface area contributed by atoms with E-state index in [1.807, 2.05) is 12.1 Å². The summed E-state index contributed by atoms with van der Waals surface area (Å²) in [4.78, 5) is 10.9. The highest BCUT2D eigenvalue weighted by atomic mass is 16.5. The quantitative estimate of drug-likeness (QED) is 0.558. The Balaban J connectivity index is 2.10. The minimum Gasteiger partial charge on any atom is -0.487 e. The van der Waals surface area contributed by atoms with Gasteiger partial charge >= 0.3 is 0 Å². The van der Waals surface area contributed by atoms with Gasteiger partial charge in [0.15, 0.2) is 0 Å². The van der Waals surface area contributed by atoms with E-state index in [2.05, 4.69) is 32.9 Å². The van der Waals surface area contributed by atoms with Gasteiger partial charge in [0.1, 0.15) is 17.6 Å². The maximum Gasteiger partial charge on any atom is 0.150 e. The third kappa shape index (κ3) is 1.99. The molecule has 0 saturated carbocycles. The molecule has 0 N–H and O–H groups in total. The molecule has 1 aliphatic heterocycles. The van der Waals surface area contributed by atoms with Crippen LogP contribution in [0.25, 0.3) is 0 Å². The first-order chi connectivity index (χ1) is 9.01. The molecule has 0 aromatic heterocycles. The summed E-state index contributed by atoms with van der Waals surface area (Å²) in [6.07, 6.45) is 5.41. The number of benzene rings is 1. The maximum absolute atomic E-state index is 10.9. The molecule has 2 heteroatoms. The second-order valence-corrected chi connectivity index (χ2v) is 6.32. The minimum absolute atomic E-state index is 0.170. The van der Waals surface area contributed by atoms with Gasteiger partial charge in [-0.1, -0.05) is 23.8 Å². The van der Waals surface area contributed by atoms with Gasteiger partial charge in [-0.25, -0.2) is 0 Å². The van der Waals surface area contributed by atoms with Crippen molar-refractivity contribution in [3.05, 3.63) is 41.0 Å². The molecule has 1 heterocycles. The molecule has 0 bridgehead atoms. The summed E-state index contributed by atoms with van der Waals surface area (Å²) in [6, 6.07) is 5.86. The Hall–Kier alpha value is -1.57. The third-order valence-corrected chi connectivity index (χ3v) is 4.59. The van der Waals surface area contributed by atoms with Gasteiger partial charge in [0.2, 0.25) is 0 Å². The van der Waals surface area contributed by atoms with E-state index in [0.29, 0.717) is 17.4 Å². The van der Waals surface area contributed by atoms with Gasteiger partial charge in [-0.05, 0) is 51.2 Å². The Kier molecular flexibility index (Phi) is 2.77. The lowest BCUT2D eigenvalue weighted by Gasteiger charge is -2.46. The largest absolute Gasteiger partial charge is 0.487 e. The molecule has 0 spiro atoms. The van der Waals surface area contributed by atoms with Crippen LogP contribution in [-0.4, -0.2) is 11.9 Å². The van der Waals surface area contributed by atoms with Crippen LogP contribution in [-0.2, 0) is 0 Å². The number of rotatable bonds is 1. The molecule has 2 unspecified atom stereocenters. The molecule has 2 atom stereocenters. The number of hydrogen-bond acceptors (Lipinski definition) is 2. The highest BCUT2D eigenvalue weighted by molar-refractivity contribution is 5.76. The van der Waals surface area contributed by atoms with Crippen molar-refractivity contribution in [1.29, 1.82) is 0 Å². The first-order valence-electron chi connectivity index (χ1n) is 6.95. The van der Waals surface area contributed by atoms with Gasteiger partial charge in [-0.2, -0.15) is 0 Å². The van der Waals surface area contributed by atoms with Crippen molar-refractivity contribution < 1.29 is 9.53 Å². The van der Waals surface area contributed by atoms with E-state index in [9.17, 15) is 4.79 Å². The molecule has 3 rings (SSSR count). The summed E-state index contributed by atoms with van der Waals surface area (Å²) in [5, 5.41) is 0. The van der Waals surface area contributed by atoms with Gasteiger partial charge in [0.25, 0.3) is 0 Å². The summed E-state index contributed by atoms with van der Waals surface area (Å²) < 4.78 is 6.18. The van der Waals surface area contributed by atoms with Gasteiger partial charge in [-0.15, -0.1) is 0 Å². The first-order valence-corrected chi connectivity index (χ1v) is 6.95. The van der Waals surface area contributed by atoms with Crippen molar-refractivity contribution in [3.8, 4) is 5.75 Å². The van der Waals surface area contributed by atoms with E-state index in [1.165, 1.54) is 11.1 Å². The zero-order valence-electron chi connectivity index (χ0n) is 11.8. The van der Waals surface area contributed by atoms with Gasteiger partial charge in [0.05, 0.1) is 0 Å². The minimum atomic E-state index is -0.170. The SMILES string of the molecule is CC1=CCC2C(C1)c1ccc(C=O)cc1OC2(C)C. The van der Waals surface area contributed by atoms with E-state index in [-0.39, 0.29) is 5.60 Å². The van der Waals surface area contributed by atoms with Crippen LogP contribution >= 0.6 is 0 Å². The Bertz CT molecular complexity index is 554. The van der Waals surface area contributed by atoms with E-state index in [1.54, 1.807) is 0 Å². The molecule has 2 aliphatic rings. The number of aldehydes is 1.